The quantitative estimate of drug-likeness (QED) is 0.310. The van der Waals surface area contributed by atoms with Gasteiger partial charge in [0.1, 0.15) is 23.1 Å². The first-order valence-corrected chi connectivity index (χ1v) is 14.1. The van der Waals surface area contributed by atoms with Gasteiger partial charge in [0.15, 0.2) is 5.76 Å². The van der Waals surface area contributed by atoms with E-state index in [0.29, 0.717) is 16.7 Å². The number of hydrogen-bond acceptors (Lipinski definition) is 5. The van der Waals surface area contributed by atoms with E-state index in [1.54, 1.807) is 25.3 Å². The van der Waals surface area contributed by atoms with Crippen LogP contribution in [0.15, 0.2) is 77.2 Å². The van der Waals surface area contributed by atoms with Crippen molar-refractivity contribution in [3.63, 3.8) is 0 Å². The Morgan fingerprint density at radius 3 is 2.39 bits per heavy atom. The molecule has 8 heteroatoms. The number of carboxylic acids is 1. The van der Waals surface area contributed by atoms with Gasteiger partial charge in [-0.25, -0.2) is 4.79 Å². The molecule has 4 rings (SSSR count). The van der Waals surface area contributed by atoms with Gasteiger partial charge in [0.05, 0.1) is 7.11 Å². The monoisotopic (exact) mass is 507 g/mol. The van der Waals surface area contributed by atoms with Gasteiger partial charge >= 0.3 is 5.97 Å². The van der Waals surface area contributed by atoms with Crippen molar-refractivity contribution in [2.24, 2.45) is 0 Å². The van der Waals surface area contributed by atoms with Crippen LogP contribution in [0.2, 0.25) is 0 Å². The zero-order valence-electron chi connectivity index (χ0n) is 20.6. The molecule has 0 aliphatic heterocycles. The molecule has 36 heavy (non-hydrogen) atoms. The first-order chi connectivity index (χ1) is 17.1. The van der Waals surface area contributed by atoms with Crippen LogP contribution in [-0.4, -0.2) is 48.9 Å². The Bertz CT molecular complexity index is 1390. The van der Waals surface area contributed by atoms with Gasteiger partial charge < -0.3 is 23.8 Å². The molecular weight excluding hydrogens is 478 g/mol. The summed E-state index contributed by atoms with van der Waals surface area (Å²) in [6.07, 6.45) is 6.22. The topological polar surface area (TPSA) is 98.0 Å². The fourth-order valence-corrected chi connectivity index (χ4v) is 4.52. The van der Waals surface area contributed by atoms with Gasteiger partial charge in [0.25, 0.3) is 5.91 Å². The fraction of sp³-hybridized carbons (Fsp3) is 0.214. The molecule has 2 N–H and O–H groups in total. The number of carbonyl (C=O) groups is 2. The normalized spacial score (nSPS) is 12.7. The van der Waals surface area contributed by atoms with Crippen LogP contribution in [0.5, 0.6) is 11.5 Å². The number of furan rings is 1. The SMILES string of the molecule is COc1ccccc1-c1ccc(CC(NC(=O)c2cc3cc(OS(C)(C)C)ccc3o2)C(=O)O)cc1. The van der Waals surface area contributed by atoms with Crippen molar-refractivity contribution in [2.75, 3.05) is 25.9 Å². The van der Waals surface area contributed by atoms with Crippen molar-refractivity contribution >= 4 is 33.2 Å². The minimum Gasteiger partial charge on any atom is -0.496 e. The number of carboxylic acid groups (broad SMARTS) is 1. The third-order valence-electron chi connectivity index (χ3n) is 5.47. The lowest BCUT2D eigenvalue weighted by molar-refractivity contribution is -0.139. The molecule has 0 spiro atoms. The van der Waals surface area contributed by atoms with Gasteiger partial charge in [-0.15, -0.1) is 10.3 Å². The first-order valence-electron chi connectivity index (χ1n) is 11.3. The van der Waals surface area contributed by atoms with E-state index in [1.807, 2.05) is 73.4 Å². The van der Waals surface area contributed by atoms with E-state index in [0.717, 1.165) is 22.4 Å². The van der Waals surface area contributed by atoms with Gasteiger partial charge in [-0.1, -0.05) is 42.5 Å². The van der Waals surface area contributed by atoms with Gasteiger partial charge in [0.2, 0.25) is 0 Å². The number of methoxy groups -OCH3 is 1. The average Bonchev–Trinajstić information content (AvgIpc) is 3.26. The molecule has 188 valence electrons. The fourth-order valence-electron chi connectivity index (χ4n) is 3.84. The molecule has 0 fully saturated rings. The molecule has 0 radical (unpaired) electrons. The number of rotatable bonds is 9. The number of amides is 1. The summed E-state index contributed by atoms with van der Waals surface area (Å²) in [5.74, 6) is -0.226. The van der Waals surface area contributed by atoms with Gasteiger partial charge in [-0.2, -0.15) is 0 Å². The Kier molecular flexibility index (Phi) is 7.26. The van der Waals surface area contributed by atoms with Gasteiger partial charge in [0, 0.05) is 17.4 Å². The third kappa shape index (κ3) is 6.01. The number of hydrogen-bond donors (Lipinski definition) is 2. The Morgan fingerprint density at radius 1 is 1.00 bits per heavy atom. The summed E-state index contributed by atoms with van der Waals surface area (Å²) in [5.41, 5.74) is 3.19. The molecule has 1 aromatic heterocycles. The first kappa shape index (κ1) is 25.2. The number of fused-ring (bicyclic) bond motifs is 1. The highest BCUT2D eigenvalue weighted by atomic mass is 32.3. The maximum atomic E-state index is 12.8. The van der Waals surface area contributed by atoms with Crippen LogP contribution < -0.4 is 14.2 Å². The summed E-state index contributed by atoms with van der Waals surface area (Å²) in [4.78, 5) is 24.7. The van der Waals surface area contributed by atoms with Crippen molar-refractivity contribution in [1.29, 1.82) is 0 Å². The molecule has 7 nitrogen and oxygen atoms in total. The molecule has 3 aromatic carbocycles. The second-order valence-electron chi connectivity index (χ2n) is 9.08. The molecule has 0 saturated carbocycles. The van der Waals surface area contributed by atoms with Crippen LogP contribution in [0.1, 0.15) is 16.1 Å². The number of nitrogens with one attached hydrogen (secondary N) is 1. The standard InChI is InChI=1S/C28H29NO6S/c1-33-25-8-6-5-7-22(25)19-11-9-18(10-12-19)15-23(28(31)32)29-27(30)26-17-20-16-21(35-36(2,3)4)13-14-24(20)34-26/h5-14,16-17,23H,15H2,1-4H3,(H,29,30)(H,31,32). The second-order valence-corrected chi connectivity index (χ2v) is 12.7. The lowest BCUT2D eigenvalue weighted by Gasteiger charge is -2.26. The van der Waals surface area contributed by atoms with E-state index >= 15 is 0 Å². The molecule has 1 atom stereocenters. The van der Waals surface area contributed by atoms with E-state index in [-0.39, 0.29) is 12.2 Å². The lowest BCUT2D eigenvalue weighted by Crippen LogP contribution is -2.42. The van der Waals surface area contributed by atoms with E-state index in [1.165, 1.54) is 0 Å². The van der Waals surface area contributed by atoms with E-state index in [4.69, 9.17) is 13.3 Å². The number of para-hydroxylation sites is 1. The van der Waals surface area contributed by atoms with Crippen molar-refractivity contribution < 1.29 is 28.0 Å². The van der Waals surface area contributed by atoms with Crippen LogP contribution >= 0.6 is 10.3 Å². The Balaban J connectivity index is 1.47. The second kappa shape index (κ2) is 10.4. The molecule has 0 saturated heterocycles. The summed E-state index contributed by atoms with van der Waals surface area (Å²) in [5, 5.41) is 13.0. The lowest BCUT2D eigenvalue weighted by atomic mass is 10.00. The number of carbonyl (C=O) groups excluding carboxylic acids is 1. The van der Waals surface area contributed by atoms with Crippen LogP contribution in [0.4, 0.5) is 0 Å². The van der Waals surface area contributed by atoms with Crippen molar-refractivity contribution in [3.8, 4) is 22.6 Å². The molecule has 1 unspecified atom stereocenters. The summed E-state index contributed by atoms with van der Waals surface area (Å²) in [6.45, 7) is 0. The Labute approximate surface area is 211 Å². The predicted molar refractivity (Wildman–Crippen MR) is 143 cm³/mol. The maximum absolute atomic E-state index is 12.8. The summed E-state index contributed by atoms with van der Waals surface area (Å²) < 4.78 is 17.0. The number of ether oxygens (including phenoxy) is 1. The van der Waals surface area contributed by atoms with Crippen molar-refractivity contribution in [3.05, 3.63) is 84.1 Å². The summed E-state index contributed by atoms with van der Waals surface area (Å²) >= 11 is 0. The third-order valence-corrected chi connectivity index (χ3v) is 6.17. The van der Waals surface area contributed by atoms with Crippen LogP contribution in [0, 0.1) is 0 Å². The maximum Gasteiger partial charge on any atom is 0.326 e. The molecular formula is C28H29NO6S. The molecule has 0 aliphatic carbocycles. The highest BCUT2D eigenvalue weighted by molar-refractivity contribution is 8.28. The Morgan fingerprint density at radius 2 is 1.72 bits per heavy atom. The average molecular weight is 508 g/mol. The van der Waals surface area contributed by atoms with Gasteiger partial charge in [-0.3, -0.25) is 4.79 Å². The van der Waals surface area contributed by atoms with E-state index < -0.39 is 28.2 Å². The molecule has 1 amide bonds. The molecule has 0 aliphatic rings. The summed E-state index contributed by atoms with van der Waals surface area (Å²) in [6, 6.07) is 21.0. The zero-order chi connectivity index (χ0) is 25.9. The number of benzene rings is 3. The van der Waals surface area contributed by atoms with Crippen LogP contribution in [-0.2, 0) is 11.2 Å². The molecule has 0 bridgehead atoms. The molecule has 4 aromatic rings. The smallest absolute Gasteiger partial charge is 0.326 e. The number of aliphatic carboxylic acids is 1. The Hall–Kier alpha value is -3.91. The zero-order valence-corrected chi connectivity index (χ0v) is 21.4. The van der Waals surface area contributed by atoms with Crippen LogP contribution in [0.25, 0.3) is 22.1 Å². The highest BCUT2D eigenvalue weighted by Crippen LogP contribution is 2.38. The van der Waals surface area contributed by atoms with Crippen LogP contribution in [0.3, 0.4) is 0 Å². The van der Waals surface area contributed by atoms with E-state index in [9.17, 15) is 14.7 Å². The van der Waals surface area contributed by atoms with Crippen molar-refractivity contribution in [2.45, 2.75) is 12.5 Å². The molecule has 1 heterocycles. The highest BCUT2D eigenvalue weighted by Gasteiger charge is 2.23. The minimum atomic E-state index is -1.21. The summed E-state index contributed by atoms with van der Waals surface area (Å²) in [7, 11) is 0.406. The van der Waals surface area contributed by atoms with Gasteiger partial charge in [-0.05, 0) is 60.2 Å². The predicted octanol–water partition coefficient (Wildman–Crippen LogP) is 5.52. The largest absolute Gasteiger partial charge is 0.496 e. The van der Waals surface area contributed by atoms with E-state index in [2.05, 4.69) is 5.32 Å². The van der Waals surface area contributed by atoms with Crippen molar-refractivity contribution in [1.82, 2.24) is 5.32 Å². The minimum absolute atomic E-state index is 0.0445.